The van der Waals surface area contributed by atoms with Crippen LogP contribution in [0, 0.1) is 5.82 Å². The van der Waals surface area contributed by atoms with Crippen molar-refractivity contribution in [1.82, 2.24) is 14.9 Å². The number of rotatable bonds is 6. The van der Waals surface area contributed by atoms with Crippen molar-refractivity contribution < 1.29 is 9.18 Å². The van der Waals surface area contributed by atoms with Crippen molar-refractivity contribution in [2.24, 2.45) is 0 Å². The molecule has 0 aliphatic heterocycles. The highest BCUT2D eigenvalue weighted by Crippen LogP contribution is 2.28. The predicted molar refractivity (Wildman–Crippen MR) is 117 cm³/mol. The molecule has 6 nitrogen and oxygen atoms in total. The number of carbonyl (C=O) groups is 1. The van der Waals surface area contributed by atoms with Gasteiger partial charge in [0.1, 0.15) is 5.82 Å². The Morgan fingerprint density at radius 2 is 1.60 bits per heavy atom. The topological polar surface area (TPSA) is 85.8 Å². The first kappa shape index (κ1) is 19.7. The molecule has 1 aromatic heterocycles. The number of thioether (sulfide) groups is 1. The van der Waals surface area contributed by atoms with Crippen molar-refractivity contribution in [3.05, 3.63) is 84.7 Å². The van der Waals surface area contributed by atoms with Crippen LogP contribution < -0.4 is 11.2 Å². The highest BCUT2D eigenvalue weighted by Gasteiger charge is 2.16. The molecule has 3 aromatic carbocycles. The van der Waals surface area contributed by atoms with Gasteiger partial charge in [-0.2, -0.15) is 0 Å². The number of amides is 1. The molecular formula is C22H18FN5OS. The minimum absolute atomic E-state index is 0.0791. The molecule has 0 saturated carbocycles. The maximum absolute atomic E-state index is 14.0. The minimum atomic E-state index is -0.441. The lowest BCUT2D eigenvalue weighted by molar-refractivity contribution is -0.113. The third kappa shape index (κ3) is 4.18. The molecule has 0 fully saturated rings. The summed E-state index contributed by atoms with van der Waals surface area (Å²) < 4.78 is 15.2. The average molecular weight is 419 g/mol. The molecule has 150 valence electrons. The molecule has 4 rings (SSSR count). The van der Waals surface area contributed by atoms with Crippen molar-refractivity contribution >= 4 is 23.4 Å². The molecule has 0 bridgehead atoms. The van der Waals surface area contributed by atoms with E-state index in [1.165, 1.54) is 10.7 Å². The van der Waals surface area contributed by atoms with Crippen LogP contribution in [0.1, 0.15) is 0 Å². The first-order chi connectivity index (χ1) is 14.6. The smallest absolute Gasteiger partial charge is 0.234 e. The zero-order chi connectivity index (χ0) is 20.9. The van der Waals surface area contributed by atoms with Crippen LogP contribution in [0.15, 0.2) is 84.0 Å². The monoisotopic (exact) mass is 419 g/mol. The lowest BCUT2D eigenvalue weighted by atomic mass is 10.0. The van der Waals surface area contributed by atoms with Gasteiger partial charge in [0.25, 0.3) is 0 Å². The van der Waals surface area contributed by atoms with Crippen LogP contribution in [0.5, 0.6) is 0 Å². The Morgan fingerprint density at radius 1 is 0.933 bits per heavy atom. The van der Waals surface area contributed by atoms with Crippen molar-refractivity contribution in [3.63, 3.8) is 0 Å². The van der Waals surface area contributed by atoms with E-state index >= 15 is 0 Å². The second kappa shape index (κ2) is 8.79. The van der Waals surface area contributed by atoms with Crippen molar-refractivity contribution in [2.75, 3.05) is 16.9 Å². The summed E-state index contributed by atoms with van der Waals surface area (Å²) >= 11 is 1.13. The molecule has 0 aliphatic carbocycles. The molecular weight excluding hydrogens is 401 g/mol. The van der Waals surface area contributed by atoms with Gasteiger partial charge in [-0.05, 0) is 23.8 Å². The van der Waals surface area contributed by atoms with Gasteiger partial charge in [-0.1, -0.05) is 72.4 Å². The molecule has 1 heterocycles. The number of nitrogen functional groups attached to an aromatic ring is 1. The largest absolute Gasteiger partial charge is 0.335 e. The molecule has 0 unspecified atom stereocenters. The van der Waals surface area contributed by atoms with Crippen LogP contribution in [0.4, 0.5) is 10.1 Å². The predicted octanol–water partition coefficient (Wildman–Crippen LogP) is 4.20. The Balaban J connectivity index is 1.45. The number of hydrogen-bond acceptors (Lipinski definition) is 5. The standard InChI is InChI=1S/C22H18FN5OS/c23-18-12-6-4-11-17(18)21-26-27-22(28(21)24)30-14-20(29)25-19-13-7-5-10-16(19)15-8-2-1-3-9-15/h1-13H,14,24H2,(H,25,29). The van der Waals surface area contributed by atoms with E-state index in [4.69, 9.17) is 5.84 Å². The van der Waals surface area contributed by atoms with Gasteiger partial charge in [0.2, 0.25) is 11.1 Å². The van der Waals surface area contributed by atoms with Gasteiger partial charge in [0, 0.05) is 11.3 Å². The van der Waals surface area contributed by atoms with Gasteiger partial charge in [-0.3, -0.25) is 4.79 Å². The molecule has 0 atom stereocenters. The van der Waals surface area contributed by atoms with E-state index < -0.39 is 5.82 Å². The highest BCUT2D eigenvalue weighted by molar-refractivity contribution is 7.99. The Bertz CT molecular complexity index is 1180. The van der Waals surface area contributed by atoms with Crippen LogP contribution in [0.25, 0.3) is 22.5 Å². The molecule has 0 spiro atoms. The third-order valence-corrected chi connectivity index (χ3v) is 5.34. The van der Waals surface area contributed by atoms with Crippen molar-refractivity contribution in [1.29, 1.82) is 0 Å². The average Bonchev–Trinajstić information content (AvgIpc) is 3.14. The van der Waals surface area contributed by atoms with E-state index in [9.17, 15) is 9.18 Å². The van der Waals surface area contributed by atoms with Gasteiger partial charge in [-0.15, -0.1) is 10.2 Å². The van der Waals surface area contributed by atoms with E-state index in [0.717, 1.165) is 28.6 Å². The van der Waals surface area contributed by atoms with E-state index in [0.29, 0.717) is 5.16 Å². The summed E-state index contributed by atoms with van der Waals surface area (Å²) in [4.78, 5) is 12.5. The van der Waals surface area contributed by atoms with E-state index in [1.807, 2.05) is 54.6 Å². The summed E-state index contributed by atoms with van der Waals surface area (Å²) in [6.45, 7) is 0. The maximum atomic E-state index is 14.0. The number of carbonyl (C=O) groups excluding carboxylic acids is 1. The SMILES string of the molecule is Nn1c(SCC(=O)Nc2ccccc2-c2ccccc2)nnc1-c1ccccc1F. The summed E-state index contributed by atoms with van der Waals surface area (Å²) in [5, 5.41) is 11.2. The first-order valence-electron chi connectivity index (χ1n) is 9.16. The molecule has 1 amide bonds. The number of nitrogens with two attached hydrogens (primary N) is 1. The zero-order valence-electron chi connectivity index (χ0n) is 15.8. The highest BCUT2D eigenvalue weighted by atomic mass is 32.2. The lowest BCUT2D eigenvalue weighted by Crippen LogP contribution is -2.17. The maximum Gasteiger partial charge on any atom is 0.234 e. The number of nitrogens with zero attached hydrogens (tertiary/aromatic N) is 3. The second-order valence-corrected chi connectivity index (χ2v) is 7.35. The quantitative estimate of drug-likeness (QED) is 0.361. The Labute approximate surface area is 176 Å². The number of aromatic nitrogens is 3. The number of benzene rings is 3. The van der Waals surface area contributed by atoms with Gasteiger partial charge in [0.05, 0.1) is 11.3 Å². The molecule has 0 radical (unpaired) electrons. The van der Waals surface area contributed by atoms with Crippen LogP contribution in [-0.4, -0.2) is 26.5 Å². The van der Waals surface area contributed by atoms with E-state index in [2.05, 4.69) is 15.5 Å². The van der Waals surface area contributed by atoms with Crippen LogP contribution in [0.2, 0.25) is 0 Å². The number of halogens is 1. The van der Waals surface area contributed by atoms with Crippen LogP contribution in [-0.2, 0) is 4.79 Å². The summed E-state index contributed by atoms with van der Waals surface area (Å²) in [5.74, 6) is 5.64. The van der Waals surface area contributed by atoms with E-state index in [-0.39, 0.29) is 23.0 Å². The fraction of sp³-hybridized carbons (Fsp3) is 0.0455. The Kier molecular flexibility index (Phi) is 5.76. The first-order valence-corrected chi connectivity index (χ1v) is 10.1. The molecule has 4 aromatic rings. The zero-order valence-corrected chi connectivity index (χ0v) is 16.6. The van der Waals surface area contributed by atoms with Crippen LogP contribution in [0.3, 0.4) is 0 Å². The fourth-order valence-corrected chi connectivity index (χ4v) is 3.64. The van der Waals surface area contributed by atoms with Gasteiger partial charge in [0.15, 0.2) is 5.82 Å². The fourth-order valence-electron chi connectivity index (χ4n) is 2.98. The third-order valence-electron chi connectivity index (χ3n) is 4.40. The number of hydrogen-bond donors (Lipinski definition) is 2. The van der Waals surface area contributed by atoms with Gasteiger partial charge >= 0.3 is 0 Å². The van der Waals surface area contributed by atoms with Crippen molar-refractivity contribution in [2.45, 2.75) is 5.16 Å². The van der Waals surface area contributed by atoms with Crippen molar-refractivity contribution in [3.8, 4) is 22.5 Å². The van der Waals surface area contributed by atoms with Gasteiger partial charge in [-0.25, -0.2) is 9.07 Å². The normalized spacial score (nSPS) is 10.7. The second-order valence-electron chi connectivity index (χ2n) is 6.40. The molecule has 30 heavy (non-hydrogen) atoms. The number of para-hydroxylation sites is 1. The summed E-state index contributed by atoms with van der Waals surface area (Å²) in [5.41, 5.74) is 2.91. The molecule has 0 saturated heterocycles. The molecule has 3 N–H and O–H groups in total. The Hall–Kier alpha value is -3.65. The number of anilines is 1. The van der Waals surface area contributed by atoms with Gasteiger partial charge < -0.3 is 11.2 Å². The summed E-state index contributed by atoms with van der Waals surface area (Å²) in [6.07, 6.45) is 0. The molecule has 8 heteroatoms. The summed E-state index contributed by atoms with van der Waals surface area (Å²) in [6, 6.07) is 23.6. The minimum Gasteiger partial charge on any atom is -0.335 e. The molecule has 0 aliphatic rings. The number of nitrogens with one attached hydrogen (secondary N) is 1. The van der Waals surface area contributed by atoms with E-state index in [1.54, 1.807) is 18.2 Å². The lowest BCUT2D eigenvalue weighted by Gasteiger charge is -2.11. The Morgan fingerprint density at radius 3 is 2.37 bits per heavy atom. The van der Waals surface area contributed by atoms with Crippen LogP contribution >= 0.6 is 11.8 Å². The summed E-state index contributed by atoms with van der Waals surface area (Å²) in [7, 11) is 0.